The van der Waals surface area contributed by atoms with Crippen LogP contribution in [-0.2, 0) is 6.42 Å². The second-order valence-corrected chi connectivity index (χ2v) is 5.86. The van der Waals surface area contributed by atoms with E-state index in [-0.39, 0.29) is 0 Å². The van der Waals surface area contributed by atoms with Crippen LogP contribution in [-0.4, -0.2) is 39.8 Å². The lowest BCUT2D eigenvalue weighted by atomic mass is 10.1. The van der Waals surface area contributed by atoms with Gasteiger partial charge in [0.15, 0.2) is 17.5 Å². The monoisotopic (exact) mass is 319 g/mol. The quantitative estimate of drug-likeness (QED) is 0.543. The molecule has 128 valence electrons. The highest BCUT2D eigenvalue weighted by Crippen LogP contribution is 2.32. The molecular formula is C18H29N3O2. The van der Waals surface area contributed by atoms with Gasteiger partial charge in [0, 0.05) is 19.6 Å². The van der Waals surface area contributed by atoms with E-state index in [0.717, 1.165) is 49.4 Å². The number of guanidine groups is 1. The predicted molar refractivity (Wildman–Crippen MR) is 94.6 cm³/mol. The van der Waals surface area contributed by atoms with Crippen molar-refractivity contribution in [2.24, 2.45) is 10.9 Å². The first-order valence-corrected chi connectivity index (χ1v) is 8.50. The third-order valence-electron chi connectivity index (χ3n) is 4.00. The smallest absolute Gasteiger partial charge is 0.191 e. The summed E-state index contributed by atoms with van der Waals surface area (Å²) in [4.78, 5) is 4.64. The first-order chi connectivity index (χ1) is 11.3. The average molecular weight is 319 g/mol. The molecule has 1 fully saturated rings. The lowest BCUT2D eigenvalue weighted by molar-refractivity contribution is 0.354. The molecule has 5 heteroatoms. The number of ether oxygens (including phenoxy) is 2. The van der Waals surface area contributed by atoms with Gasteiger partial charge in [0.1, 0.15) is 0 Å². The highest BCUT2D eigenvalue weighted by atomic mass is 16.5. The van der Waals surface area contributed by atoms with Crippen LogP contribution in [0.5, 0.6) is 11.5 Å². The molecule has 0 heterocycles. The maximum atomic E-state index is 5.34. The molecule has 0 unspecified atom stereocenters. The molecule has 1 aromatic carbocycles. The number of hydrogen-bond acceptors (Lipinski definition) is 3. The van der Waals surface area contributed by atoms with Crippen molar-refractivity contribution in [2.75, 3.05) is 33.9 Å². The molecule has 2 rings (SSSR count). The molecule has 0 bridgehead atoms. The van der Waals surface area contributed by atoms with Crippen molar-refractivity contribution in [1.29, 1.82) is 0 Å². The number of nitrogens with zero attached hydrogens (tertiary/aromatic N) is 1. The van der Waals surface area contributed by atoms with E-state index in [2.05, 4.69) is 28.6 Å². The molecule has 0 aliphatic heterocycles. The zero-order valence-corrected chi connectivity index (χ0v) is 14.5. The van der Waals surface area contributed by atoms with Crippen LogP contribution < -0.4 is 20.1 Å². The van der Waals surface area contributed by atoms with E-state index < -0.39 is 0 Å². The van der Waals surface area contributed by atoms with E-state index in [9.17, 15) is 0 Å². The van der Waals surface area contributed by atoms with Crippen LogP contribution in [0.15, 0.2) is 23.2 Å². The third-order valence-corrected chi connectivity index (χ3v) is 4.00. The summed E-state index contributed by atoms with van der Waals surface area (Å²) in [7, 11) is 3.32. The molecular weight excluding hydrogens is 290 g/mol. The van der Waals surface area contributed by atoms with Crippen LogP contribution in [0, 0.1) is 5.92 Å². The van der Waals surface area contributed by atoms with Crippen molar-refractivity contribution in [1.82, 2.24) is 10.6 Å². The van der Waals surface area contributed by atoms with Gasteiger partial charge in [-0.15, -0.1) is 0 Å². The van der Waals surface area contributed by atoms with Crippen LogP contribution in [0.4, 0.5) is 0 Å². The highest BCUT2D eigenvalue weighted by Gasteiger charge is 2.20. The predicted octanol–water partition coefficient (Wildman–Crippen LogP) is 2.60. The standard InChI is InChI=1S/C18H29N3O2/c1-4-19-18(20-11-9-14-5-6-14)21-12-10-15-7-8-16(22-2)17(13-15)23-3/h7-8,13-14H,4-6,9-12H2,1-3H3,(H2,19,20,21). The van der Waals surface area contributed by atoms with E-state index in [4.69, 9.17) is 9.47 Å². The van der Waals surface area contributed by atoms with E-state index in [0.29, 0.717) is 0 Å². The maximum absolute atomic E-state index is 5.34. The first-order valence-electron chi connectivity index (χ1n) is 8.50. The molecule has 0 aromatic heterocycles. The van der Waals surface area contributed by atoms with Gasteiger partial charge in [0.05, 0.1) is 14.2 Å². The van der Waals surface area contributed by atoms with Gasteiger partial charge in [-0.1, -0.05) is 18.9 Å². The Morgan fingerprint density at radius 3 is 2.61 bits per heavy atom. The SMILES string of the molecule is CCNC(=NCCC1CC1)NCCc1ccc(OC)c(OC)c1. The Hall–Kier alpha value is -1.91. The number of nitrogens with one attached hydrogen (secondary N) is 2. The fraction of sp³-hybridized carbons (Fsp3) is 0.611. The van der Waals surface area contributed by atoms with Crippen molar-refractivity contribution >= 4 is 5.96 Å². The molecule has 0 amide bonds. The number of methoxy groups -OCH3 is 2. The lowest BCUT2D eigenvalue weighted by Gasteiger charge is -2.12. The Kier molecular flexibility index (Phi) is 7.04. The largest absolute Gasteiger partial charge is 0.493 e. The summed E-state index contributed by atoms with van der Waals surface area (Å²) >= 11 is 0. The van der Waals surface area contributed by atoms with Gasteiger partial charge >= 0.3 is 0 Å². The van der Waals surface area contributed by atoms with Crippen molar-refractivity contribution in [3.8, 4) is 11.5 Å². The van der Waals surface area contributed by atoms with Gasteiger partial charge in [0.25, 0.3) is 0 Å². The van der Waals surface area contributed by atoms with Crippen LogP contribution in [0.3, 0.4) is 0 Å². The third kappa shape index (κ3) is 6.00. The molecule has 1 aliphatic rings. The van der Waals surface area contributed by atoms with Gasteiger partial charge in [0.2, 0.25) is 0 Å². The molecule has 1 saturated carbocycles. The Morgan fingerprint density at radius 1 is 1.17 bits per heavy atom. The fourth-order valence-electron chi connectivity index (χ4n) is 2.47. The zero-order chi connectivity index (χ0) is 16.5. The summed E-state index contributed by atoms with van der Waals surface area (Å²) in [6, 6.07) is 6.04. The first kappa shape index (κ1) is 17.4. The number of aliphatic imine (C=N–C) groups is 1. The van der Waals surface area contributed by atoms with E-state index in [1.807, 2.05) is 12.1 Å². The Bertz CT molecular complexity index is 513. The Morgan fingerprint density at radius 2 is 1.96 bits per heavy atom. The van der Waals surface area contributed by atoms with Gasteiger partial charge in [-0.25, -0.2) is 0 Å². The molecule has 2 N–H and O–H groups in total. The number of hydrogen-bond donors (Lipinski definition) is 2. The van der Waals surface area contributed by atoms with Crippen molar-refractivity contribution < 1.29 is 9.47 Å². The van der Waals surface area contributed by atoms with Gasteiger partial charge in [-0.2, -0.15) is 0 Å². The van der Waals surface area contributed by atoms with E-state index in [1.54, 1.807) is 14.2 Å². The van der Waals surface area contributed by atoms with E-state index in [1.165, 1.54) is 24.8 Å². The van der Waals surface area contributed by atoms with Crippen LogP contribution in [0.25, 0.3) is 0 Å². The minimum atomic E-state index is 0.763. The summed E-state index contributed by atoms with van der Waals surface area (Å²) in [5.74, 6) is 3.37. The van der Waals surface area contributed by atoms with Gasteiger partial charge in [-0.3, -0.25) is 4.99 Å². The van der Waals surface area contributed by atoms with Gasteiger partial charge < -0.3 is 20.1 Å². The van der Waals surface area contributed by atoms with Crippen LogP contribution >= 0.6 is 0 Å². The molecule has 0 spiro atoms. The number of rotatable bonds is 9. The fourth-order valence-corrected chi connectivity index (χ4v) is 2.47. The van der Waals surface area contributed by atoms with Crippen LogP contribution in [0.1, 0.15) is 31.7 Å². The number of benzene rings is 1. The maximum Gasteiger partial charge on any atom is 0.191 e. The summed E-state index contributed by atoms with van der Waals surface area (Å²) < 4.78 is 10.6. The minimum Gasteiger partial charge on any atom is -0.493 e. The molecule has 0 radical (unpaired) electrons. The van der Waals surface area contributed by atoms with Crippen molar-refractivity contribution in [2.45, 2.75) is 32.6 Å². The molecule has 0 atom stereocenters. The average Bonchev–Trinajstić information content (AvgIpc) is 3.39. The second kappa shape index (κ2) is 9.28. The molecule has 1 aliphatic carbocycles. The summed E-state index contributed by atoms with van der Waals surface area (Å²) in [6.45, 7) is 4.72. The molecule has 5 nitrogen and oxygen atoms in total. The highest BCUT2D eigenvalue weighted by molar-refractivity contribution is 5.79. The lowest BCUT2D eigenvalue weighted by Crippen LogP contribution is -2.38. The summed E-state index contributed by atoms with van der Waals surface area (Å²) in [5.41, 5.74) is 1.21. The van der Waals surface area contributed by atoms with E-state index >= 15 is 0 Å². The topological polar surface area (TPSA) is 54.9 Å². The minimum absolute atomic E-state index is 0.763. The molecule has 23 heavy (non-hydrogen) atoms. The zero-order valence-electron chi connectivity index (χ0n) is 14.5. The van der Waals surface area contributed by atoms with Crippen LogP contribution in [0.2, 0.25) is 0 Å². The summed E-state index contributed by atoms with van der Waals surface area (Å²) in [5, 5.41) is 6.69. The van der Waals surface area contributed by atoms with Crippen molar-refractivity contribution in [3.05, 3.63) is 23.8 Å². The normalized spacial score (nSPS) is 14.5. The second-order valence-electron chi connectivity index (χ2n) is 5.86. The molecule has 1 aromatic rings. The summed E-state index contributed by atoms with van der Waals surface area (Å²) in [6.07, 6.45) is 4.90. The van der Waals surface area contributed by atoms with Crippen molar-refractivity contribution in [3.63, 3.8) is 0 Å². The van der Waals surface area contributed by atoms with Gasteiger partial charge in [-0.05, 0) is 43.4 Å². The Balaban J connectivity index is 1.80. The molecule has 0 saturated heterocycles. The Labute approximate surface area is 139 Å².